The summed E-state index contributed by atoms with van der Waals surface area (Å²) < 4.78 is 27.1. The molecule has 11 heteroatoms. The van der Waals surface area contributed by atoms with E-state index in [0.717, 1.165) is 11.0 Å². The summed E-state index contributed by atoms with van der Waals surface area (Å²) in [4.78, 5) is 11.4. The number of anilines is 2. The van der Waals surface area contributed by atoms with Crippen molar-refractivity contribution in [2.75, 3.05) is 24.2 Å². The Kier molecular flexibility index (Phi) is 4.09. The topological polar surface area (TPSA) is 133 Å². The number of nitrogens with zero attached hydrogens (tertiary/aromatic N) is 6. The molecular formula is C16H18N8O2S. The molecule has 2 N–H and O–H groups in total. The molecule has 0 spiro atoms. The Balaban J connectivity index is 1.58. The summed E-state index contributed by atoms with van der Waals surface area (Å²) in [5.41, 5.74) is 0.775. The van der Waals surface area contributed by atoms with Crippen LogP contribution in [-0.2, 0) is 15.6 Å². The maximum Gasteiger partial charge on any atom is 0.213 e. The van der Waals surface area contributed by atoms with Crippen molar-refractivity contribution in [1.29, 1.82) is 5.26 Å². The number of H-pyrrole nitrogens is 1. The van der Waals surface area contributed by atoms with Crippen LogP contribution in [-0.4, -0.2) is 56.3 Å². The number of hydrogen-bond acceptors (Lipinski definition) is 7. The summed E-state index contributed by atoms with van der Waals surface area (Å²) >= 11 is 0. The lowest BCUT2D eigenvalue weighted by atomic mass is 9.89. The normalized spacial score (nSPS) is 16.7. The molecule has 3 aromatic heterocycles. The quantitative estimate of drug-likeness (QED) is 0.650. The Labute approximate surface area is 155 Å². The van der Waals surface area contributed by atoms with E-state index in [1.54, 1.807) is 30.2 Å². The second-order valence-electron chi connectivity index (χ2n) is 6.49. The van der Waals surface area contributed by atoms with Gasteiger partial charge in [0, 0.05) is 25.5 Å². The van der Waals surface area contributed by atoms with E-state index in [4.69, 9.17) is 0 Å². The molecule has 1 saturated heterocycles. The number of sulfonamides is 1. The molecule has 0 aliphatic carbocycles. The Morgan fingerprint density at radius 3 is 2.96 bits per heavy atom. The van der Waals surface area contributed by atoms with E-state index < -0.39 is 15.6 Å². The van der Waals surface area contributed by atoms with Gasteiger partial charge in [0.05, 0.1) is 35.5 Å². The minimum atomic E-state index is -3.27. The highest BCUT2D eigenvalue weighted by molar-refractivity contribution is 7.89. The number of nitrogens with one attached hydrogen (secondary N) is 2. The summed E-state index contributed by atoms with van der Waals surface area (Å²) in [5, 5.41) is 17.6. The van der Waals surface area contributed by atoms with Gasteiger partial charge in [0.25, 0.3) is 0 Å². The third-order valence-electron chi connectivity index (χ3n) is 4.79. The monoisotopic (exact) mass is 386 g/mol. The molecule has 1 aliphatic rings. The number of rotatable bonds is 6. The molecule has 1 aliphatic heterocycles. The van der Waals surface area contributed by atoms with Gasteiger partial charge in [-0.2, -0.15) is 14.7 Å². The molecule has 4 rings (SSSR count). The van der Waals surface area contributed by atoms with Crippen LogP contribution in [0, 0.1) is 11.3 Å². The van der Waals surface area contributed by atoms with Crippen molar-refractivity contribution in [3.8, 4) is 6.07 Å². The van der Waals surface area contributed by atoms with Crippen LogP contribution in [0.4, 0.5) is 11.5 Å². The van der Waals surface area contributed by atoms with Crippen molar-refractivity contribution >= 4 is 32.6 Å². The first-order valence-electron chi connectivity index (χ1n) is 8.42. The predicted octanol–water partition coefficient (Wildman–Crippen LogP) is 1.17. The van der Waals surface area contributed by atoms with E-state index in [0.29, 0.717) is 11.5 Å². The molecule has 0 atom stereocenters. The van der Waals surface area contributed by atoms with Crippen molar-refractivity contribution in [3.63, 3.8) is 0 Å². The van der Waals surface area contributed by atoms with Gasteiger partial charge < -0.3 is 10.3 Å². The molecule has 0 bridgehead atoms. The molecule has 0 saturated carbocycles. The van der Waals surface area contributed by atoms with E-state index in [1.807, 2.05) is 6.07 Å². The minimum Gasteiger partial charge on any atom is -0.346 e. The van der Waals surface area contributed by atoms with E-state index in [-0.39, 0.29) is 25.3 Å². The molecule has 1 fully saturated rings. The zero-order valence-electron chi connectivity index (χ0n) is 14.6. The Morgan fingerprint density at radius 1 is 1.41 bits per heavy atom. The van der Waals surface area contributed by atoms with Gasteiger partial charge >= 0.3 is 0 Å². The lowest BCUT2D eigenvalue weighted by Gasteiger charge is -2.47. The van der Waals surface area contributed by atoms with Crippen LogP contribution >= 0.6 is 0 Å². The largest absolute Gasteiger partial charge is 0.346 e. The van der Waals surface area contributed by atoms with Gasteiger partial charge in [0.2, 0.25) is 10.0 Å². The fourth-order valence-electron chi connectivity index (χ4n) is 3.23. The van der Waals surface area contributed by atoms with E-state index in [1.165, 1.54) is 10.6 Å². The van der Waals surface area contributed by atoms with Gasteiger partial charge in [-0.1, -0.05) is 0 Å². The summed E-state index contributed by atoms with van der Waals surface area (Å²) in [7, 11) is -3.27. The summed E-state index contributed by atoms with van der Waals surface area (Å²) in [6, 6.07) is 4.02. The van der Waals surface area contributed by atoms with Crippen molar-refractivity contribution in [3.05, 3.63) is 31.0 Å². The number of aromatic nitrogens is 5. The number of hydrogen-bond donors (Lipinski definition) is 2. The molecule has 0 radical (unpaired) electrons. The standard InChI is InChI=1S/C16H18N8O2S/c1-2-27(25,26)23-9-16(10-23,4-5-17)24-8-12(7-21-24)22-15-13-3-6-18-14(13)19-11-20-15/h3,6-8,11H,2,4,9-10H2,1H3,(H2,18,19,20,22). The van der Waals surface area contributed by atoms with Crippen LogP contribution in [0.3, 0.4) is 0 Å². The molecule has 0 unspecified atom stereocenters. The van der Waals surface area contributed by atoms with Gasteiger partial charge in [-0.05, 0) is 13.0 Å². The highest BCUT2D eigenvalue weighted by atomic mass is 32.2. The maximum absolute atomic E-state index is 12.0. The van der Waals surface area contributed by atoms with Crippen LogP contribution in [0.25, 0.3) is 11.0 Å². The van der Waals surface area contributed by atoms with Crippen LogP contribution in [0.1, 0.15) is 13.3 Å². The molecule has 140 valence electrons. The molecular weight excluding hydrogens is 368 g/mol. The average molecular weight is 386 g/mol. The molecule has 0 aromatic carbocycles. The first kappa shape index (κ1) is 17.4. The van der Waals surface area contributed by atoms with Gasteiger partial charge in [0.15, 0.2) is 0 Å². The lowest BCUT2D eigenvalue weighted by molar-refractivity contribution is 0.0719. The van der Waals surface area contributed by atoms with Crippen molar-refractivity contribution in [2.45, 2.75) is 18.9 Å². The average Bonchev–Trinajstić information content (AvgIpc) is 3.27. The zero-order valence-corrected chi connectivity index (χ0v) is 15.4. The van der Waals surface area contributed by atoms with Crippen LogP contribution < -0.4 is 5.32 Å². The van der Waals surface area contributed by atoms with Crippen LogP contribution in [0.2, 0.25) is 0 Å². The lowest BCUT2D eigenvalue weighted by Crippen LogP contribution is -2.64. The summed E-state index contributed by atoms with van der Waals surface area (Å²) in [5.74, 6) is 0.681. The fourth-order valence-corrected chi connectivity index (χ4v) is 4.47. The predicted molar refractivity (Wildman–Crippen MR) is 98.6 cm³/mol. The van der Waals surface area contributed by atoms with Gasteiger partial charge in [-0.3, -0.25) is 4.68 Å². The second-order valence-corrected chi connectivity index (χ2v) is 8.75. The smallest absolute Gasteiger partial charge is 0.213 e. The van der Waals surface area contributed by atoms with Crippen LogP contribution in [0.15, 0.2) is 31.0 Å². The third-order valence-corrected chi connectivity index (χ3v) is 6.57. The van der Waals surface area contributed by atoms with Crippen molar-refractivity contribution < 1.29 is 8.42 Å². The van der Waals surface area contributed by atoms with Gasteiger partial charge in [0.1, 0.15) is 23.3 Å². The third kappa shape index (κ3) is 2.92. The first-order valence-corrected chi connectivity index (χ1v) is 10.0. The zero-order chi connectivity index (χ0) is 19.1. The Bertz CT molecular complexity index is 1120. The summed E-state index contributed by atoms with van der Waals surface area (Å²) in [6.45, 7) is 2.10. The van der Waals surface area contributed by atoms with E-state index in [9.17, 15) is 13.7 Å². The van der Waals surface area contributed by atoms with Crippen molar-refractivity contribution in [1.82, 2.24) is 29.0 Å². The first-order chi connectivity index (χ1) is 13.0. The highest BCUT2D eigenvalue weighted by Gasteiger charge is 2.49. The Hall–Kier alpha value is -2.97. The van der Waals surface area contributed by atoms with Gasteiger partial charge in [-0.25, -0.2) is 18.4 Å². The number of fused-ring (bicyclic) bond motifs is 1. The molecule has 3 aromatic rings. The Morgan fingerprint density at radius 2 is 2.22 bits per heavy atom. The molecule has 27 heavy (non-hydrogen) atoms. The SMILES string of the molecule is CCS(=O)(=O)N1CC(CC#N)(n2cc(Nc3ncnc4[nH]ccc34)cn2)C1. The van der Waals surface area contributed by atoms with E-state index >= 15 is 0 Å². The molecule has 4 heterocycles. The molecule has 0 amide bonds. The van der Waals surface area contributed by atoms with Crippen LogP contribution in [0.5, 0.6) is 0 Å². The van der Waals surface area contributed by atoms with Crippen molar-refractivity contribution in [2.24, 2.45) is 0 Å². The minimum absolute atomic E-state index is 0.0436. The summed E-state index contributed by atoms with van der Waals surface area (Å²) in [6.07, 6.45) is 6.83. The second kappa shape index (κ2) is 6.33. The van der Waals surface area contributed by atoms with Gasteiger partial charge in [-0.15, -0.1) is 0 Å². The maximum atomic E-state index is 12.0. The molecule has 10 nitrogen and oxygen atoms in total. The van der Waals surface area contributed by atoms with E-state index in [2.05, 4.69) is 31.4 Å². The number of aromatic amines is 1. The highest BCUT2D eigenvalue weighted by Crippen LogP contribution is 2.35. The number of nitriles is 1. The fraction of sp³-hybridized carbons (Fsp3) is 0.375.